The van der Waals surface area contributed by atoms with E-state index >= 15 is 0 Å². The van der Waals surface area contributed by atoms with Crippen LogP contribution < -0.4 is 10.5 Å². The highest BCUT2D eigenvalue weighted by Gasteiger charge is 2.06. The summed E-state index contributed by atoms with van der Waals surface area (Å²) in [6.07, 6.45) is 0.827. The molecule has 2 aromatic rings. The Kier molecular flexibility index (Phi) is 3.89. The van der Waals surface area contributed by atoms with Gasteiger partial charge in [-0.15, -0.1) is 0 Å². The van der Waals surface area contributed by atoms with Gasteiger partial charge in [0.15, 0.2) is 5.75 Å². The van der Waals surface area contributed by atoms with E-state index in [-0.39, 0.29) is 0 Å². The van der Waals surface area contributed by atoms with Crippen LogP contribution in [0.5, 0.6) is 11.6 Å². The first-order valence-corrected chi connectivity index (χ1v) is 6.03. The highest BCUT2D eigenvalue weighted by molar-refractivity contribution is 5.33. The minimum absolute atomic E-state index is 0.407. The third-order valence-corrected chi connectivity index (χ3v) is 2.61. The van der Waals surface area contributed by atoms with Crippen molar-refractivity contribution in [3.05, 3.63) is 47.4 Å². The lowest BCUT2D eigenvalue weighted by molar-refractivity contribution is 0.452. The first-order valence-electron chi connectivity index (χ1n) is 6.03. The van der Waals surface area contributed by atoms with E-state index < -0.39 is 0 Å². The maximum absolute atomic E-state index is 5.77. The Morgan fingerprint density at radius 2 is 2.00 bits per heavy atom. The fourth-order valence-corrected chi connectivity index (χ4v) is 1.68. The molecule has 0 radical (unpaired) electrons. The molecule has 94 valence electrons. The van der Waals surface area contributed by atoms with Gasteiger partial charge in [-0.1, -0.05) is 13.0 Å². The van der Waals surface area contributed by atoms with Crippen LogP contribution in [0.15, 0.2) is 30.3 Å². The van der Waals surface area contributed by atoms with Gasteiger partial charge >= 0.3 is 0 Å². The van der Waals surface area contributed by atoms with Crippen LogP contribution in [0.1, 0.15) is 24.0 Å². The minimum Gasteiger partial charge on any atom is -0.437 e. The second-order valence-electron chi connectivity index (χ2n) is 4.02. The summed E-state index contributed by atoms with van der Waals surface area (Å²) in [5.41, 5.74) is 8.30. The van der Waals surface area contributed by atoms with Gasteiger partial charge in [0.25, 0.3) is 0 Å². The molecule has 2 rings (SSSR count). The Balaban J connectivity index is 2.27. The number of nitrogens with zero attached hydrogens (tertiary/aromatic N) is 2. The first-order chi connectivity index (χ1) is 8.72. The SMILES string of the molecule is CCc1nc(C)ccc1Oc1cccc(CN)n1. The smallest absolute Gasteiger partial charge is 0.219 e. The largest absolute Gasteiger partial charge is 0.437 e. The number of aryl methyl sites for hydroxylation is 2. The van der Waals surface area contributed by atoms with E-state index in [0.717, 1.165) is 29.3 Å². The number of hydrogen-bond donors (Lipinski definition) is 1. The average Bonchev–Trinajstić information content (AvgIpc) is 2.41. The Morgan fingerprint density at radius 1 is 1.17 bits per heavy atom. The summed E-state index contributed by atoms with van der Waals surface area (Å²) < 4.78 is 5.77. The zero-order valence-electron chi connectivity index (χ0n) is 10.7. The zero-order valence-corrected chi connectivity index (χ0v) is 10.7. The number of rotatable bonds is 4. The Bertz CT molecular complexity index is 540. The third kappa shape index (κ3) is 2.84. The maximum Gasteiger partial charge on any atom is 0.219 e. The van der Waals surface area contributed by atoms with Crippen LogP contribution in [-0.4, -0.2) is 9.97 Å². The molecule has 4 heteroatoms. The van der Waals surface area contributed by atoms with Crippen LogP contribution in [-0.2, 0) is 13.0 Å². The molecule has 2 N–H and O–H groups in total. The quantitative estimate of drug-likeness (QED) is 0.896. The first kappa shape index (κ1) is 12.5. The molecule has 0 unspecified atom stereocenters. The van der Waals surface area contributed by atoms with Crippen molar-refractivity contribution in [3.8, 4) is 11.6 Å². The lowest BCUT2D eigenvalue weighted by Crippen LogP contribution is -2.01. The number of aromatic nitrogens is 2. The van der Waals surface area contributed by atoms with E-state index in [1.165, 1.54) is 0 Å². The summed E-state index contributed by atoms with van der Waals surface area (Å²) in [4.78, 5) is 8.76. The van der Waals surface area contributed by atoms with E-state index in [9.17, 15) is 0 Å². The molecule has 0 saturated carbocycles. The van der Waals surface area contributed by atoms with Crippen molar-refractivity contribution >= 4 is 0 Å². The van der Waals surface area contributed by atoms with Gasteiger partial charge in [0.1, 0.15) is 0 Å². The Hall–Kier alpha value is -1.94. The molecule has 0 aliphatic heterocycles. The molecule has 0 bridgehead atoms. The predicted molar refractivity (Wildman–Crippen MR) is 70.6 cm³/mol. The fourth-order valence-electron chi connectivity index (χ4n) is 1.68. The molecule has 0 fully saturated rings. The molecule has 0 spiro atoms. The van der Waals surface area contributed by atoms with Crippen molar-refractivity contribution < 1.29 is 4.74 Å². The molecule has 4 nitrogen and oxygen atoms in total. The van der Waals surface area contributed by atoms with Gasteiger partial charge in [-0.25, -0.2) is 4.98 Å². The van der Waals surface area contributed by atoms with E-state index in [0.29, 0.717) is 12.4 Å². The summed E-state index contributed by atoms with van der Waals surface area (Å²) in [6, 6.07) is 9.44. The molecular formula is C14H17N3O. The van der Waals surface area contributed by atoms with E-state index in [1.54, 1.807) is 0 Å². The summed E-state index contributed by atoms with van der Waals surface area (Å²) in [5, 5.41) is 0. The molecule has 2 heterocycles. The van der Waals surface area contributed by atoms with Gasteiger partial charge in [-0.3, -0.25) is 4.98 Å². The highest BCUT2D eigenvalue weighted by Crippen LogP contribution is 2.23. The van der Waals surface area contributed by atoms with Crippen molar-refractivity contribution in [2.24, 2.45) is 5.73 Å². The second kappa shape index (κ2) is 5.60. The summed E-state index contributed by atoms with van der Waals surface area (Å²) in [6.45, 7) is 4.43. The topological polar surface area (TPSA) is 61.0 Å². The van der Waals surface area contributed by atoms with E-state index in [2.05, 4.69) is 16.9 Å². The van der Waals surface area contributed by atoms with Gasteiger partial charge in [-0.05, 0) is 31.5 Å². The normalized spacial score (nSPS) is 10.4. The molecule has 18 heavy (non-hydrogen) atoms. The monoisotopic (exact) mass is 243 g/mol. The van der Waals surface area contributed by atoms with Crippen LogP contribution in [0.2, 0.25) is 0 Å². The van der Waals surface area contributed by atoms with E-state index in [1.807, 2.05) is 37.3 Å². The number of ether oxygens (including phenoxy) is 1. The minimum atomic E-state index is 0.407. The van der Waals surface area contributed by atoms with E-state index in [4.69, 9.17) is 10.5 Å². The Labute approximate surface area is 107 Å². The van der Waals surface area contributed by atoms with Gasteiger partial charge < -0.3 is 10.5 Å². The van der Waals surface area contributed by atoms with Crippen LogP contribution in [0, 0.1) is 6.92 Å². The average molecular weight is 243 g/mol. The highest BCUT2D eigenvalue weighted by atomic mass is 16.5. The molecule has 2 aromatic heterocycles. The van der Waals surface area contributed by atoms with Crippen molar-refractivity contribution in [3.63, 3.8) is 0 Å². The van der Waals surface area contributed by atoms with Crippen molar-refractivity contribution in [2.75, 3.05) is 0 Å². The molecule has 0 saturated heterocycles. The zero-order chi connectivity index (χ0) is 13.0. The fraction of sp³-hybridized carbons (Fsp3) is 0.286. The van der Waals surface area contributed by atoms with Gasteiger partial charge in [0.05, 0.1) is 11.4 Å². The van der Waals surface area contributed by atoms with Crippen molar-refractivity contribution in [2.45, 2.75) is 26.8 Å². The van der Waals surface area contributed by atoms with Crippen LogP contribution >= 0.6 is 0 Å². The van der Waals surface area contributed by atoms with Crippen LogP contribution in [0.3, 0.4) is 0 Å². The van der Waals surface area contributed by atoms with Crippen LogP contribution in [0.4, 0.5) is 0 Å². The molecule has 0 atom stereocenters. The number of hydrogen-bond acceptors (Lipinski definition) is 4. The van der Waals surface area contributed by atoms with Gasteiger partial charge in [-0.2, -0.15) is 0 Å². The molecule has 0 amide bonds. The number of pyridine rings is 2. The predicted octanol–water partition coefficient (Wildman–Crippen LogP) is 2.60. The molecule has 0 aliphatic rings. The molecule has 0 aromatic carbocycles. The third-order valence-electron chi connectivity index (χ3n) is 2.61. The standard InChI is InChI=1S/C14H17N3O/c1-3-12-13(8-7-10(2)16-12)18-14-6-4-5-11(9-15)17-14/h4-8H,3,9,15H2,1-2H3. The van der Waals surface area contributed by atoms with Crippen molar-refractivity contribution in [1.29, 1.82) is 0 Å². The van der Waals surface area contributed by atoms with Crippen molar-refractivity contribution in [1.82, 2.24) is 9.97 Å². The van der Waals surface area contributed by atoms with Crippen LogP contribution in [0.25, 0.3) is 0 Å². The summed E-state index contributed by atoms with van der Waals surface area (Å²) in [7, 11) is 0. The lowest BCUT2D eigenvalue weighted by atomic mass is 10.2. The summed E-state index contributed by atoms with van der Waals surface area (Å²) in [5.74, 6) is 1.31. The lowest BCUT2D eigenvalue weighted by Gasteiger charge is -2.09. The maximum atomic E-state index is 5.77. The second-order valence-corrected chi connectivity index (χ2v) is 4.02. The molecular weight excluding hydrogens is 226 g/mol. The summed E-state index contributed by atoms with van der Waals surface area (Å²) >= 11 is 0. The number of nitrogens with two attached hydrogens (primary N) is 1. The van der Waals surface area contributed by atoms with Gasteiger partial charge in [0.2, 0.25) is 5.88 Å². The Morgan fingerprint density at radius 3 is 2.72 bits per heavy atom. The van der Waals surface area contributed by atoms with Gasteiger partial charge in [0, 0.05) is 18.3 Å². The molecule has 0 aliphatic carbocycles.